The van der Waals surface area contributed by atoms with Gasteiger partial charge in [0.1, 0.15) is 6.04 Å². The van der Waals surface area contributed by atoms with Gasteiger partial charge in [0.05, 0.1) is 5.56 Å². The van der Waals surface area contributed by atoms with Crippen molar-refractivity contribution >= 4 is 35.2 Å². The molecule has 2 aromatic rings. The molecule has 1 unspecified atom stereocenters. The Bertz CT molecular complexity index is 907. The van der Waals surface area contributed by atoms with E-state index >= 15 is 0 Å². The van der Waals surface area contributed by atoms with Gasteiger partial charge in [-0.3, -0.25) is 9.59 Å². The van der Waals surface area contributed by atoms with Crippen LogP contribution in [0.25, 0.3) is 0 Å². The van der Waals surface area contributed by atoms with Crippen molar-refractivity contribution in [3.63, 3.8) is 0 Å². The lowest BCUT2D eigenvalue weighted by molar-refractivity contribution is -0.149. The first-order chi connectivity index (χ1) is 14.7. The highest BCUT2D eigenvalue weighted by Crippen LogP contribution is 2.30. The Morgan fingerprint density at radius 1 is 1.06 bits per heavy atom. The van der Waals surface area contributed by atoms with Gasteiger partial charge in [0.15, 0.2) is 6.61 Å². The number of thioether (sulfide) groups is 1. The number of alkyl halides is 3. The zero-order chi connectivity index (χ0) is 22.9. The van der Waals surface area contributed by atoms with Crippen LogP contribution in [0, 0.1) is 0 Å². The lowest BCUT2D eigenvalue weighted by Crippen LogP contribution is -2.43. The average Bonchev–Trinajstić information content (AvgIpc) is 2.75. The number of nitrogens with one attached hydrogen (secondary N) is 2. The van der Waals surface area contributed by atoms with Gasteiger partial charge in [-0.25, -0.2) is 4.79 Å². The van der Waals surface area contributed by atoms with Crippen LogP contribution < -0.4 is 10.6 Å². The standard InChI is InChI=1S/C21H21F3N2O4S/c1-31-11-10-17(26-19(28)14-6-3-2-4-7-14)20(29)30-13-18(27)25-16-9-5-8-15(12-16)21(22,23)24/h2-9,12,17H,10-11,13H2,1H3,(H,25,27)(H,26,28). The molecule has 166 valence electrons. The number of benzene rings is 2. The summed E-state index contributed by atoms with van der Waals surface area (Å²) in [6.07, 6.45) is -2.42. The highest BCUT2D eigenvalue weighted by molar-refractivity contribution is 7.98. The van der Waals surface area contributed by atoms with Gasteiger partial charge < -0.3 is 15.4 Å². The molecule has 0 aliphatic carbocycles. The molecule has 0 saturated carbocycles. The maximum Gasteiger partial charge on any atom is 0.416 e. The summed E-state index contributed by atoms with van der Waals surface area (Å²) in [5.74, 6) is -1.51. The minimum absolute atomic E-state index is 0.0767. The molecule has 0 aliphatic rings. The summed E-state index contributed by atoms with van der Waals surface area (Å²) in [5, 5.41) is 4.83. The zero-order valence-electron chi connectivity index (χ0n) is 16.6. The normalized spacial score (nSPS) is 12.0. The second-order valence-corrected chi connectivity index (χ2v) is 7.39. The topological polar surface area (TPSA) is 84.5 Å². The number of ether oxygens (including phenoxy) is 1. The van der Waals surface area contributed by atoms with E-state index in [4.69, 9.17) is 4.74 Å². The van der Waals surface area contributed by atoms with E-state index in [9.17, 15) is 27.6 Å². The Hall–Kier alpha value is -3.01. The monoisotopic (exact) mass is 454 g/mol. The molecule has 1 atom stereocenters. The predicted molar refractivity (Wildman–Crippen MR) is 112 cm³/mol. The minimum Gasteiger partial charge on any atom is -0.454 e. The number of hydrogen-bond donors (Lipinski definition) is 2. The molecule has 2 amide bonds. The molecule has 0 aromatic heterocycles. The Morgan fingerprint density at radius 3 is 2.42 bits per heavy atom. The fraction of sp³-hybridized carbons (Fsp3) is 0.286. The summed E-state index contributed by atoms with van der Waals surface area (Å²) in [6.45, 7) is -0.702. The molecule has 31 heavy (non-hydrogen) atoms. The fourth-order valence-electron chi connectivity index (χ4n) is 2.52. The van der Waals surface area contributed by atoms with E-state index < -0.39 is 42.2 Å². The van der Waals surface area contributed by atoms with Crippen LogP contribution in [0.4, 0.5) is 18.9 Å². The van der Waals surface area contributed by atoms with E-state index in [0.717, 1.165) is 18.2 Å². The van der Waals surface area contributed by atoms with Gasteiger partial charge in [-0.15, -0.1) is 0 Å². The first-order valence-electron chi connectivity index (χ1n) is 9.19. The number of esters is 1. The van der Waals surface area contributed by atoms with Crippen molar-refractivity contribution in [3.8, 4) is 0 Å². The van der Waals surface area contributed by atoms with Crippen LogP contribution in [0.5, 0.6) is 0 Å². The quantitative estimate of drug-likeness (QED) is 0.564. The van der Waals surface area contributed by atoms with Gasteiger partial charge in [-0.1, -0.05) is 24.3 Å². The highest BCUT2D eigenvalue weighted by Gasteiger charge is 2.30. The number of carbonyl (C=O) groups is 3. The minimum atomic E-state index is -4.55. The molecule has 2 N–H and O–H groups in total. The lowest BCUT2D eigenvalue weighted by atomic mass is 10.1. The molecule has 2 rings (SSSR count). The van der Waals surface area contributed by atoms with Crippen LogP contribution in [0.1, 0.15) is 22.3 Å². The number of halogens is 3. The van der Waals surface area contributed by atoms with Crippen molar-refractivity contribution < 1.29 is 32.3 Å². The van der Waals surface area contributed by atoms with E-state index in [0.29, 0.717) is 11.3 Å². The molecule has 10 heteroatoms. The largest absolute Gasteiger partial charge is 0.454 e. The molecule has 0 heterocycles. The van der Waals surface area contributed by atoms with Crippen LogP contribution >= 0.6 is 11.8 Å². The Kier molecular flexibility index (Phi) is 8.92. The smallest absolute Gasteiger partial charge is 0.416 e. The Labute approximate surface area is 181 Å². The van der Waals surface area contributed by atoms with Gasteiger partial charge in [0.25, 0.3) is 11.8 Å². The molecular weight excluding hydrogens is 433 g/mol. The van der Waals surface area contributed by atoms with Crippen LogP contribution in [0.15, 0.2) is 54.6 Å². The molecule has 0 saturated heterocycles. The van der Waals surface area contributed by atoms with Gasteiger partial charge in [0, 0.05) is 11.3 Å². The molecule has 0 spiro atoms. The number of carbonyl (C=O) groups excluding carboxylic acids is 3. The third-order valence-electron chi connectivity index (χ3n) is 4.06. The summed E-state index contributed by atoms with van der Waals surface area (Å²) >= 11 is 1.47. The predicted octanol–water partition coefficient (Wildman–Crippen LogP) is 3.74. The maximum absolute atomic E-state index is 12.8. The van der Waals surface area contributed by atoms with Gasteiger partial charge >= 0.3 is 12.1 Å². The van der Waals surface area contributed by atoms with Crippen molar-refractivity contribution in [3.05, 3.63) is 65.7 Å². The zero-order valence-corrected chi connectivity index (χ0v) is 17.4. The average molecular weight is 454 g/mol. The first kappa shape index (κ1) is 24.3. The Balaban J connectivity index is 1.94. The number of amides is 2. The summed E-state index contributed by atoms with van der Waals surface area (Å²) < 4.78 is 43.2. The van der Waals surface area contributed by atoms with Crippen molar-refractivity contribution in [1.82, 2.24) is 5.32 Å². The van der Waals surface area contributed by atoms with Crippen LogP contribution in [-0.4, -0.2) is 42.4 Å². The number of anilines is 1. The summed E-state index contributed by atoms with van der Waals surface area (Å²) in [4.78, 5) is 36.7. The molecule has 2 aromatic carbocycles. The van der Waals surface area contributed by atoms with Gasteiger partial charge in [-0.2, -0.15) is 24.9 Å². The number of rotatable bonds is 9. The molecule has 0 radical (unpaired) electrons. The SMILES string of the molecule is CSCCC(NC(=O)c1ccccc1)C(=O)OCC(=O)Nc1cccc(C(F)(F)F)c1. The van der Waals surface area contributed by atoms with Gasteiger partial charge in [0.2, 0.25) is 0 Å². The first-order valence-corrected chi connectivity index (χ1v) is 10.6. The van der Waals surface area contributed by atoms with Crippen molar-refractivity contribution in [2.75, 3.05) is 23.9 Å². The van der Waals surface area contributed by atoms with E-state index in [-0.39, 0.29) is 12.1 Å². The third-order valence-corrected chi connectivity index (χ3v) is 4.70. The number of hydrogen-bond acceptors (Lipinski definition) is 5. The van der Waals surface area contributed by atoms with Crippen molar-refractivity contribution in [1.29, 1.82) is 0 Å². The third kappa shape index (κ3) is 7.97. The maximum atomic E-state index is 12.8. The van der Waals surface area contributed by atoms with Crippen LogP contribution in [0.3, 0.4) is 0 Å². The van der Waals surface area contributed by atoms with Crippen molar-refractivity contribution in [2.45, 2.75) is 18.6 Å². The summed E-state index contributed by atoms with van der Waals surface area (Å²) in [5.41, 5.74) is -0.623. The fourth-order valence-corrected chi connectivity index (χ4v) is 2.99. The lowest BCUT2D eigenvalue weighted by Gasteiger charge is -2.17. The van der Waals surface area contributed by atoms with Gasteiger partial charge in [-0.05, 0) is 48.8 Å². The second-order valence-electron chi connectivity index (χ2n) is 6.41. The molecule has 0 aliphatic heterocycles. The highest BCUT2D eigenvalue weighted by atomic mass is 32.2. The second kappa shape index (κ2) is 11.4. The summed E-state index contributed by atoms with van der Waals surface area (Å²) in [7, 11) is 0. The molecule has 0 bridgehead atoms. The van der Waals surface area contributed by atoms with E-state index in [1.165, 1.54) is 17.8 Å². The van der Waals surface area contributed by atoms with Crippen LogP contribution in [-0.2, 0) is 20.5 Å². The summed E-state index contributed by atoms with van der Waals surface area (Å²) in [6, 6.07) is 11.4. The Morgan fingerprint density at radius 2 is 1.77 bits per heavy atom. The van der Waals surface area contributed by atoms with Crippen molar-refractivity contribution in [2.24, 2.45) is 0 Å². The van der Waals surface area contributed by atoms with E-state index in [1.54, 1.807) is 30.3 Å². The van der Waals surface area contributed by atoms with E-state index in [2.05, 4.69) is 10.6 Å². The van der Waals surface area contributed by atoms with Crippen LogP contribution in [0.2, 0.25) is 0 Å². The molecule has 0 fully saturated rings. The molecule has 6 nitrogen and oxygen atoms in total. The molecular formula is C21H21F3N2O4S. The van der Waals surface area contributed by atoms with E-state index in [1.807, 2.05) is 6.26 Å².